The highest BCUT2D eigenvalue weighted by atomic mass is 19.1. The third-order valence-electron chi connectivity index (χ3n) is 5.20. The van der Waals surface area contributed by atoms with Crippen molar-refractivity contribution in [2.45, 2.75) is 6.61 Å². The number of rotatable bonds is 6. The van der Waals surface area contributed by atoms with Gasteiger partial charge >= 0.3 is 0 Å². The maximum Gasteiger partial charge on any atom is 0.134 e. The van der Waals surface area contributed by atoms with Gasteiger partial charge in [0.2, 0.25) is 0 Å². The molecule has 0 radical (unpaired) electrons. The fraction of sp³-hybridized carbons (Fsp3) is 0.103. The van der Waals surface area contributed by atoms with E-state index in [4.69, 9.17) is 26.7 Å². The summed E-state index contributed by atoms with van der Waals surface area (Å²) in [5.74, 6) is -0.524. The SMILES string of the molecule is N#Cc1ccc(-c2ccc(COc3ccc(-c4ccc(C#N)cc4)c(F)c3)cc2F)cc1.NCCN. The molecular weight excluding hydrogens is 458 g/mol. The zero-order valence-electron chi connectivity index (χ0n) is 19.4. The molecule has 0 unspecified atom stereocenters. The highest BCUT2D eigenvalue weighted by Crippen LogP contribution is 2.28. The van der Waals surface area contributed by atoms with Crippen molar-refractivity contribution < 1.29 is 13.5 Å². The van der Waals surface area contributed by atoms with Crippen molar-refractivity contribution in [1.82, 2.24) is 0 Å². The van der Waals surface area contributed by atoms with Gasteiger partial charge in [0.1, 0.15) is 24.0 Å². The summed E-state index contributed by atoms with van der Waals surface area (Å²) in [6, 6.07) is 26.7. The van der Waals surface area contributed by atoms with E-state index in [2.05, 4.69) is 0 Å². The molecule has 0 saturated carbocycles. The van der Waals surface area contributed by atoms with Crippen LogP contribution >= 0.6 is 0 Å². The third-order valence-corrected chi connectivity index (χ3v) is 5.20. The standard InChI is InChI=1S/C27H16F2N2O.C2H8N2/c28-26-13-20(5-11-24(26)21-6-1-18(15-30)2-7-21)17-32-23-10-12-25(27(29)14-23)22-8-3-19(16-31)4-9-22;3-1-2-4/h1-14H,17H2;1-4H2. The van der Waals surface area contributed by atoms with Gasteiger partial charge in [-0.05, 0) is 59.2 Å². The van der Waals surface area contributed by atoms with Crippen LogP contribution in [0.15, 0.2) is 84.9 Å². The van der Waals surface area contributed by atoms with Crippen LogP contribution in [0.4, 0.5) is 8.78 Å². The van der Waals surface area contributed by atoms with E-state index in [1.807, 2.05) is 12.1 Å². The van der Waals surface area contributed by atoms with Crippen molar-refractivity contribution >= 4 is 0 Å². The van der Waals surface area contributed by atoms with Crippen LogP contribution in [-0.4, -0.2) is 13.1 Å². The Hall–Kier alpha value is -4.56. The molecule has 0 aliphatic heterocycles. The summed E-state index contributed by atoms with van der Waals surface area (Å²) in [5, 5.41) is 17.8. The first-order valence-corrected chi connectivity index (χ1v) is 11.1. The summed E-state index contributed by atoms with van der Waals surface area (Å²) < 4.78 is 34.8. The van der Waals surface area contributed by atoms with E-state index < -0.39 is 11.6 Å². The largest absolute Gasteiger partial charge is 0.489 e. The van der Waals surface area contributed by atoms with Crippen molar-refractivity contribution in [2.24, 2.45) is 11.5 Å². The summed E-state index contributed by atoms with van der Waals surface area (Å²) >= 11 is 0. The Morgan fingerprint density at radius 2 is 1.11 bits per heavy atom. The summed E-state index contributed by atoms with van der Waals surface area (Å²) in [4.78, 5) is 0. The number of hydrogen-bond acceptors (Lipinski definition) is 5. The molecule has 4 aromatic rings. The summed E-state index contributed by atoms with van der Waals surface area (Å²) in [7, 11) is 0. The van der Waals surface area contributed by atoms with Crippen molar-refractivity contribution in [2.75, 3.05) is 13.1 Å². The topological polar surface area (TPSA) is 109 Å². The van der Waals surface area contributed by atoms with E-state index in [0.29, 0.717) is 57.8 Å². The van der Waals surface area contributed by atoms with Crippen LogP contribution in [-0.2, 0) is 6.61 Å². The molecule has 4 aromatic carbocycles. The van der Waals surface area contributed by atoms with E-state index in [1.54, 1.807) is 72.8 Å². The quantitative estimate of drug-likeness (QED) is 0.376. The lowest BCUT2D eigenvalue weighted by Gasteiger charge is -2.10. The maximum absolute atomic E-state index is 14.6. The fourth-order valence-electron chi connectivity index (χ4n) is 3.32. The van der Waals surface area contributed by atoms with Gasteiger partial charge in [0.15, 0.2) is 0 Å². The van der Waals surface area contributed by atoms with E-state index in [0.717, 1.165) is 0 Å². The van der Waals surface area contributed by atoms with Gasteiger partial charge in [0, 0.05) is 30.3 Å². The van der Waals surface area contributed by atoms with Crippen LogP contribution in [0.3, 0.4) is 0 Å². The third kappa shape index (κ3) is 6.74. The van der Waals surface area contributed by atoms with E-state index in [-0.39, 0.29) is 6.61 Å². The smallest absolute Gasteiger partial charge is 0.134 e. The zero-order chi connectivity index (χ0) is 25.9. The molecular formula is C29H24F2N4O. The van der Waals surface area contributed by atoms with Gasteiger partial charge in [-0.2, -0.15) is 10.5 Å². The van der Waals surface area contributed by atoms with Crippen molar-refractivity contribution in [3.63, 3.8) is 0 Å². The Balaban J connectivity index is 0.000000840. The molecule has 0 bridgehead atoms. The molecule has 0 atom stereocenters. The number of ether oxygens (including phenoxy) is 1. The molecule has 0 fully saturated rings. The Kier molecular flexibility index (Phi) is 9.25. The molecule has 4 rings (SSSR count). The van der Waals surface area contributed by atoms with Crippen LogP contribution in [0.25, 0.3) is 22.3 Å². The fourth-order valence-corrected chi connectivity index (χ4v) is 3.32. The van der Waals surface area contributed by atoms with Crippen LogP contribution in [0.2, 0.25) is 0 Å². The number of nitrogens with zero attached hydrogens (tertiary/aromatic N) is 2. The van der Waals surface area contributed by atoms with Crippen LogP contribution in [0.5, 0.6) is 5.75 Å². The first kappa shape index (κ1) is 26.1. The van der Waals surface area contributed by atoms with Gasteiger partial charge in [-0.1, -0.05) is 36.4 Å². The Bertz CT molecular complexity index is 1280. The van der Waals surface area contributed by atoms with Gasteiger partial charge in [0.05, 0.1) is 23.3 Å². The second-order valence-corrected chi connectivity index (χ2v) is 7.70. The minimum absolute atomic E-state index is 0.0836. The molecule has 0 amide bonds. The maximum atomic E-state index is 14.6. The second kappa shape index (κ2) is 12.8. The van der Waals surface area contributed by atoms with Gasteiger partial charge in [-0.3, -0.25) is 0 Å². The molecule has 7 heteroatoms. The van der Waals surface area contributed by atoms with Crippen LogP contribution in [0.1, 0.15) is 16.7 Å². The predicted molar refractivity (Wildman–Crippen MR) is 136 cm³/mol. The van der Waals surface area contributed by atoms with E-state index in [1.165, 1.54) is 12.1 Å². The summed E-state index contributed by atoms with van der Waals surface area (Å²) in [5.41, 5.74) is 13.6. The molecule has 0 aliphatic carbocycles. The number of nitrogens with two attached hydrogens (primary N) is 2. The number of nitriles is 2. The lowest BCUT2D eigenvalue weighted by molar-refractivity contribution is 0.304. The first-order valence-electron chi connectivity index (χ1n) is 11.1. The monoisotopic (exact) mass is 482 g/mol. The zero-order valence-corrected chi connectivity index (χ0v) is 19.4. The molecule has 0 saturated heterocycles. The van der Waals surface area contributed by atoms with E-state index in [9.17, 15) is 8.78 Å². The molecule has 0 aliphatic rings. The lowest BCUT2D eigenvalue weighted by atomic mass is 10.0. The molecule has 36 heavy (non-hydrogen) atoms. The average molecular weight is 483 g/mol. The summed E-state index contributed by atoms with van der Waals surface area (Å²) in [6.07, 6.45) is 0. The van der Waals surface area contributed by atoms with Gasteiger partial charge in [-0.15, -0.1) is 0 Å². The van der Waals surface area contributed by atoms with Crippen molar-refractivity contribution in [1.29, 1.82) is 10.5 Å². The van der Waals surface area contributed by atoms with Crippen molar-refractivity contribution in [3.8, 4) is 40.1 Å². The number of hydrogen-bond donors (Lipinski definition) is 2. The number of halogens is 2. The molecule has 180 valence electrons. The number of benzene rings is 4. The highest BCUT2D eigenvalue weighted by Gasteiger charge is 2.09. The minimum atomic E-state index is -0.449. The van der Waals surface area contributed by atoms with Crippen molar-refractivity contribution in [3.05, 3.63) is 113 Å². The van der Waals surface area contributed by atoms with Gasteiger partial charge < -0.3 is 16.2 Å². The Morgan fingerprint density at radius 3 is 1.53 bits per heavy atom. The summed E-state index contributed by atoms with van der Waals surface area (Å²) in [6.45, 7) is 1.28. The average Bonchev–Trinajstić information content (AvgIpc) is 2.92. The molecule has 4 N–H and O–H groups in total. The van der Waals surface area contributed by atoms with Gasteiger partial charge in [-0.25, -0.2) is 8.78 Å². The molecule has 0 heterocycles. The lowest BCUT2D eigenvalue weighted by Crippen LogP contribution is -2.11. The minimum Gasteiger partial charge on any atom is -0.489 e. The second-order valence-electron chi connectivity index (χ2n) is 7.70. The van der Waals surface area contributed by atoms with Crippen LogP contribution < -0.4 is 16.2 Å². The van der Waals surface area contributed by atoms with Crippen LogP contribution in [0, 0.1) is 34.3 Å². The molecule has 5 nitrogen and oxygen atoms in total. The molecule has 0 spiro atoms. The van der Waals surface area contributed by atoms with Gasteiger partial charge in [0.25, 0.3) is 0 Å². The normalized spacial score (nSPS) is 9.94. The molecule has 0 aromatic heterocycles. The first-order chi connectivity index (χ1) is 17.5. The highest BCUT2D eigenvalue weighted by molar-refractivity contribution is 5.66. The Morgan fingerprint density at radius 1 is 0.639 bits per heavy atom. The predicted octanol–water partition coefficient (Wildman–Crippen LogP) is 5.52. The Labute approximate surface area is 208 Å². The van der Waals surface area contributed by atoms with E-state index >= 15 is 0 Å².